The molecule has 3 aliphatic rings. The lowest BCUT2D eigenvalue weighted by Gasteiger charge is -2.30. The quantitative estimate of drug-likeness (QED) is 0.148. The molecule has 0 radical (unpaired) electrons. The van der Waals surface area contributed by atoms with Crippen LogP contribution in [0.4, 0.5) is 10.2 Å². The number of benzene rings is 2. The fourth-order valence-corrected chi connectivity index (χ4v) is 9.72. The highest BCUT2D eigenvalue weighted by Crippen LogP contribution is 2.40. The Morgan fingerprint density at radius 2 is 1.81 bits per heavy atom. The van der Waals surface area contributed by atoms with Gasteiger partial charge in [0.05, 0.1) is 40.6 Å². The molecule has 2 aliphatic heterocycles. The lowest BCUT2D eigenvalue weighted by Crippen LogP contribution is -2.40. The number of piperidine rings is 1. The van der Waals surface area contributed by atoms with E-state index in [4.69, 9.17) is 31.0 Å². The number of thiophene rings is 1. The number of fused-ring (bicyclic) bond motifs is 3. The van der Waals surface area contributed by atoms with Gasteiger partial charge in [-0.2, -0.15) is 5.26 Å². The summed E-state index contributed by atoms with van der Waals surface area (Å²) in [5, 5.41) is 31.1. The number of amides is 1. The highest BCUT2D eigenvalue weighted by Gasteiger charge is 2.33. The molecule has 1 atom stereocenters. The van der Waals surface area contributed by atoms with E-state index in [1.165, 1.54) is 12.3 Å². The van der Waals surface area contributed by atoms with Crippen LogP contribution in [0.2, 0.25) is 5.02 Å². The largest absolute Gasteiger partial charge is 0.490 e. The number of nitrogens with one attached hydrogen (secondary N) is 1. The SMILES string of the molecule is Cc1sc2c(c1C)C(c1ccc(C#CC3CCN(c4ccc(C(=O)NC5CCC(Oc6ccc(C#N)c(Cl)c6)CC5)nn4)CC3)c(F)c1)=NC(Cc1ncco1)c1nnc(C)n1-2. The van der Waals surface area contributed by atoms with Gasteiger partial charge < -0.3 is 19.4 Å². The van der Waals surface area contributed by atoms with E-state index in [9.17, 15) is 4.79 Å². The van der Waals surface area contributed by atoms with E-state index in [0.29, 0.717) is 70.2 Å². The van der Waals surface area contributed by atoms with Crippen molar-refractivity contribution < 1.29 is 18.3 Å². The van der Waals surface area contributed by atoms with Crippen molar-refractivity contribution in [3.8, 4) is 28.7 Å². The first-order chi connectivity index (χ1) is 30.1. The minimum Gasteiger partial charge on any atom is -0.490 e. The first-order valence-corrected chi connectivity index (χ1v) is 21.9. The molecule has 1 saturated heterocycles. The van der Waals surface area contributed by atoms with Gasteiger partial charge in [-0.25, -0.2) is 9.37 Å². The second-order valence-electron chi connectivity index (χ2n) is 15.8. The topological polar surface area (TPSA) is 160 Å². The fraction of sp³-hybridized carbons (Fsp3) is 0.348. The average Bonchev–Trinajstić information content (AvgIpc) is 3.99. The molecule has 314 valence electrons. The zero-order chi connectivity index (χ0) is 42.9. The van der Waals surface area contributed by atoms with Gasteiger partial charge in [0.25, 0.3) is 5.91 Å². The van der Waals surface area contributed by atoms with E-state index in [-0.39, 0.29) is 29.7 Å². The first kappa shape index (κ1) is 41.0. The number of nitriles is 1. The number of carbonyl (C=O) groups excluding carboxylic acids is 1. The number of hydrogen-bond donors (Lipinski definition) is 1. The fourth-order valence-electron chi connectivity index (χ4n) is 8.29. The number of halogens is 2. The summed E-state index contributed by atoms with van der Waals surface area (Å²) < 4.78 is 29.7. The van der Waals surface area contributed by atoms with Crippen LogP contribution in [-0.2, 0) is 6.42 Å². The van der Waals surface area contributed by atoms with Crippen molar-refractivity contribution in [2.75, 3.05) is 18.0 Å². The van der Waals surface area contributed by atoms with E-state index in [1.807, 2.05) is 19.1 Å². The van der Waals surface area contributed by atoms with Crippen LogP contribution < -0.4 is 15.0 Å². The van der Waals surface area contributed by atoms with Gasteiger partial charge in [0.1, 0.15) is 40.8 Å². The Bertz CT molecular complexity index is 2770. The molecule has 13 nitrogen and oxygen atoms in total. The van der Waals surface area contributed by atoms with E-state index in [0.717, 1.165) is 65.4 Å². The Morgan fingerprint density at radius 1 is 1.00 bits per heavy atom. The zero-order valence-corrected chi connectivity index (χ0v) is 35.9. The molecule has 1 aliphatic carbocycles. The average molecular weight is 869 g/mol. The molecule has 1 unspecified atom stereocenters. The molecular formula is C46H42ClFN10O3S. The highest BCUT2D eigenvalue weighted by atomic mass is 35.5. The normalized spacial score (nSPS) is 18.7. The number of ether oxygens (including phenoxy) is 1. The summed E-state index contributed by atoms with van der Waals surface area (Å²) in [6.45, 7) is 7.50. The summed E-state index contributed by atoms with van der Waals surface area (Å²) in [5.41, 5.74) is 4.37. The molecule has 0 bridgehead atoms. The summed E-state index contributed by atoms with van der Waals surface area (Å²) >= 11 is 7.80. The summed E-state index contributed by atoms with van der Waals surface area (Å²) in [7, 11) is 0. The predicted molar refractivity (Wildman–Crippen MR) is 233 cm³/mol. The Labute approximate surface area is 367 Å². The zero-order valence-electron chi connectivity index (χ0n) is 34.4. The third-order valence-corrected chi connectivity index (χ3v) is 13.3. The van der Waals surface area contributed by atoms with Crippen LogP contribution >= 0.6 is 22.9 Å². The number of aromatic nitrogens is 6. The lowest BCUT2D eigenvalue weighted by atomic mass is 9.93. The summed E-state index contributed by atoms with van der Waals surface area (Å²) in [4.78, 5) is 25.9. The smallest absolute Gasteiger partial charge is 0.272 e. The van der Waals surface area contributed by atoms with Gasteiger partial charge in [-0.1, -0.05) is 29.5 Å². The summed E-state index contributed by atoms with van der Waals surface area (Å²) in [6.07, 6.45) is 8.19. The van der Waals surface area contributed by atoms with E-state index in [2.05, 4.69) is 71.9 Å². The summed E-state index contributed by atoms with van der Waals surface area (Å²) in [5.74, 6) is 9.18. The first-order valence-electron chi connectivity index (χ1n) is 20.7. The maximum atomic E-state index is 16.0. The van der Waals surface area contributed by atoms with Crippen LogP contribution in [0.5, 0.6) is 5.75 Å². The molecular weight excluding hydrogens is 827 g/mol. The van der Waals surface area contributed by atoms with Crippen LogP contribution in [0.15, 0.2) is 70.4 Å². The van der Waals surface area contributed by atoms with Crippen LogP contribution in [0, 0.1) is 55.7 Å². The van der Waals surface area contributed by atoms with Crippen molar-refractivity contribution in [2.24, 2.45) is 10.9 Å². The van der Waals surface area contributed by atoms with Gasteiger partial charge in [0, 0.05) is 47.1 Å². The third-order valence-electron chi connectivity index (χ3n) is 11.8. The third kappa shape index (κ3) is 8.43. The van der Waals surface area contributed by atoms with Crippen molar-refractivity contribution in [2.45, 2.75) is 83.9 Å². The molecule has 1 amide bonds. The Kier molecular flexibility index (Phi) is 11.6. The Hall–Kier alpha value is -6.42. The second kappa shape index (κ2) is 17.5. The Morgan fingerprint density at radius 3 is 2.52 bits per heavy atom. The number of nitrogens with zero attached hydrogens (tertiary/aromatic N) is 9. The van der Waals surface area contributed by atoms with Gasteiger partial charge >= 0.3 is 0 Å². The molecule has 6 aromatic rings. The van der Waals surface area contributed by atoms with E-state index < -0.39 is 11.9 Å². The minimum absolute atomic E-state index is 0.00750. The van der Waals surface area contributed by atoms with Crippen LogP contribution in [0.25, 0.3) is 5.00 Å². The maximum Gasteiger partial charge on any atom is 0.272 e. The molecule has 1 saturated carbocycles. The molecule has 2 fully saturated rings. The molecule has 62 heavy (non-hydrogen) atoms. The standard InChI is InChI=1S/C46H42ClFN10O3S/c1-26-27(2)62-46-42(26)43(52-39(24-41-50-18-21-60-41)44-56-53-28(3)58(44)46)31-7-6-30(37(48)22-31)5-4-29-16-19-57(20-17-29)40-15-14-38(54-55-40)45(59)51-33-9-12-34(13-10-33)61-35-11-8-32(25-49)36(47)23-35/h6-8,11,14-15,18,21-23,29,33-34,39H,9-10,12-13,16-17,19-20,24H2,1-3H3,(H,51,59). The number of hydrogen-bond acceptors (Lipinski definition) is 12. The number of rotatable bonds is 8. The van der Waals surface area contributed by atoms with Crippen LogP contribution in [0.3, 0.4) is 0 Å². The van der Waals surface area contributed by atoms with Crippen molar-refractivity contribution in [3.63, 3.8) is 0 Å². The molecule has 6 heterocycles. The molecule has 0 spiro atoms. The number of carbonyl (C=O) groups is 1. The van der Waals surface area contributed by atoms with Gasteiger partial charge in [0.15, 0.2) is 23.2 Å². The van der Waals surface area contributed by atoms with Gasteiger partial charge in [-0.3, -0.25) is 14.4 Å². The van der Waals surface area contributed by atoms with E-state index in [1.54, 1.807) is 47.9 Å². The molecule has 1 N–H and O–H groups in total. The van der Waals surface area contributed by atoms with E-state index >= 15 is 4.39 Å². The molecule has 9 rings (SSSR count). The Balaban J connectivity index is 0.805. The van der Waals surface area contributed by atoms with Crippen molar-refractivity contribution in [1.82, 2.24) is 35.3 Å². The lowest BCUT2D eigenvalue weighted by molar-refractivity contribution is 0.0888. The van der Waals surface area contributed by atoms with Crippen LogP contribution in [-0.4, -0.2) is 66.8 Å². The summed E-state index contributed by atoms with van der Waals surface area (Å²) in [6, 6.07) is 15.4. The molecule has 2 aromatic carbocycles. The monoisotopic (exact) mass is 868 g/mol. The van der Waals surface area contributed by atoms with Gasteiger partial charge in [-0.05, 0) is 101 Å². The van der Waals surface area contributed by atoms with Crippen molar-refractivity contribution in [1.29, 1.82) is 5.26 Å². The van der Waals surface area contributed by atoms with Gasteiger partial charge in [-0.15, -0.1) is 31.7 Å². The number of oxazole rings is 1. The highest BCUT2D eigenvalue weighted by molar-refractivity contribution is 7.15. The second-order valence-corrected chi connectivity index (χ2v) is 17.5. The maximum absolute atomic E-state index is 16.0. The van der Waals surface area contributed by atoms with Crippen molar-refractivity contribution in [3.05, 3.63) is 128 Å². The predicted octanol–water partition coefficient (Wildman–Crippen LogP) is 8.22. The molecule has 16 heteroatoms. The number of aliphatic imine (C=N–C) groups is 1. The van der Waals surface area contributed by atoms with Crippen molar-refractivity contribution >= 4 is 40.4 Å². The minimum atomic E-state index is -0.451. The number of anilines is 1. The van der Waals surface area contributed by atoms with Gasteiger partial charge in [0.2, 0.25) is 0 Å². The molecule has 4 aromatic heterocycles. The van der Waals surface area contributed by atoms with Crippen LogP contribution in [0.1, 0.15) is 105 Å². The number of aryl methyl sites for hydroxylation is 2.